The van der Waals surface area contributed by atoms with E-state index in [4.69, 9.17) is 10.00 Å². The molecule has 1 N–H and O–H groups in total. The first kappa shape index (κ1) is 26.4. The van der Waals surface area contributed by atoms with Crippen LogP contribution in [-0.4, -0.2) is 78.0 Å². The Balaban J connectivity index is 1.20. The number of carbonyl (C=O) groups excluding carboxylic acids is 1. The normalized spacial score (nSPS) is 18.2. The Kier molecular flexibility index (Phi) is 8.27. The molecule has 2 fully saturated rings. The average molecular weight is 520 g/mol. The number of piperazine rings is 1. The first-order valence-corrected chi connectivity index (χ1v) is 12.2. The monoisotopic (exact) mass is 519 g/mol. The number of amides is 1. The third-order valence-corrected chi connectivity index (χ3v) is 6.63. The van der Waals surface area contributed by atoms with Gasteiger partial charge in [0.25, 0.3) is 5.56 Å². The van der Waals surface area contributed by atoms with Crippen molar-refractivity contribution >= 4 is 17.4 Å². The highest BCUT2D eigenvalue weighted by Crippen LogP contribution is 2.36. The van der Waals surface area contributed by atoms with E-state index in [-0.39, 0.29) is 24.2 Å². The number of alkyl halides is 3. The molecule has 0 bridgehead atoms. The number of anilines is 2. The molecule has 0 aromatic carbocycles. The molecule has 0 unspecified atom stereocenters. The fourth-order valence-electron chi connectivity index (χ4n) is 4.73. The molecular weight excluding hydrogens is 491 g/mol. The van der Waals surface area contributed by atoms with Crippen LogP contribution in [0.3, 0.4) is 0 Å². The maximum Gasteiger partial charge on any atom is 0.423 e. The van der Waals surface area contributed by atoms with Crippen molar-refractivity contribution in [2.75, 3.05) is 55.7 Å². The van der Waals surface area contributed by atoms with Crippen molar-refractivity contribution in [3.05, 3.63) is 46.0 Å². The highest BCUT2D eigenvalue weighted by Gasteiger charge is 2.40. The lowest BCUT2D eigenvalue weighted by molar-refractivity contribution is -0.138. The van der Waals surface area contributed by atoms with Gasteiger partial charge in [-0.1, -0.05) is 0 Å². The molecule has 0 aliphatic carbocycles. The average Bonchev–Trinajstić information content (AvgIpc) is 3.36. The summed E-state index contributed by atoms with van der Waals surface area (Å²) < 4.78 is 46.1. The number of aromatic amines is 1. The van der Waals surface area contributed by atoms with Crippen LogP contribution < -0.4 is 15.4 Å². The molecule has 2 aliphatic rings. The second-order valence-corrected chi connectivity index (χ2v) is 9.01. The highest BCUT2D eigenvalue weighted by molar-refractivity contribution is 5.76. The lowest BCUT2D eigenvalue weighted by Gasteiger charge is -2.35. The molecular formula is C24H28F3N7O3. The summed E-state index contributed by atoms with van der Waals surface area (Å²) in [6.45, 7) is 3.34. The molecule has 13 heteroatoms. The minimum atomic E-state index is -4.79. The Morgan fingerprint density at radius 2 is 1.97 bits per heavy atom. The van der Waals surface area contributed by atoms with Gasteiger partial charge in [0, 0.05) is 51.9 Å². The molecule has 1 atom stereocenters. The second kappa shape index (κ2) is 11.6. The van der Waals surface area contributed by atoms with Crippen molar-refractivity contribution in [2.45, 2.75) is 37.9 Å². The Morgan fingerprint density at radius 1 is 1.19 bits per heavy atom. The summed E-state index contributed by atoms with van der Waals surface area (Å²) in [7, 11) is 0. The van der Waals surface area contributed by atoms with Crippen LogP contribution in [0.2, 0.25) is 0 Å². The first-order valence-electron chi connectivity index (χ1n) is 12.2. The van der Waals surface area contributed by atoms with E-state index in [1.54, 1.807) is 21.9 Å². The lowest BCUT2D eigenvalue weighted by Crippen LogP contribution is -2.49. The van der Waals surface area contributed by atoms with Gasteiger partial charge in [-0.15, -0.1) is 0 Å². The van der Waals surface area contributed by atoms with Crippen LogP contribution in [0.15, 0.2) is 29.3 Å². The van der Waals surface area contributed by atoms with Gasteiger partial charge in [-0.3, -0.25) is 9.59 Å². The Hall–Kier alpha value is -3.66. The first-order chi connectivity index (χ1) is 17.8. The number of ether oxygens (including phenoxy) is 1. The summed E-state index contributed by atoms with van der Waals surface area (Å²) >= 11 is 0. The molecule has 10 nitrogen and oxygen atoms in total. The van der Waals surface area contributed by atoms with Gasteiger partial charge in [0.15, 0.2) is 0 Å². The van der Waals surface area contributed by atoms with E-state index in [2.05, 4.69) is 15.0 Å². The van der Waals surface area contributed by atoms with Gasteiger partial charge in [0.05, 0.1) is 30.1 Å². The number of rotatable bonds is 8. The molecule has 2 aromatic rings. The number of hydrogen-bond acceptors (Lipinski definition) is 8. The van der Waals surface area contributed by atoms with Gasteiger partial charge >= 0.3 is 6.18 Å². The van der Waals surface area contributed by atoms with E-state index in [1.807, 2.05) is 11.2 Å². The molecule has 4 rings (SSSR count). The van der Waals surface area contributed by atoms with Crippen LogP contribution in [0.25, 0.3) is 0 Å². The number of aromatic nitrogens is 3. The van der Waals surface area contributed by atoms with Crippen LogP contribution in [0.5, 0.6) is 0 Å². The fourth-order valence-corrected chi connectivity index (χ4v) is 4.73. The Labute approximate surface area is 211 Å². The van der Waals surface area contributed by atoms with Gasteiger partial charge in [-0.05, 0) is 31.4 Å². The molecule has 2 saturated heterocycles. The number of hydrogen-bond donors (Lipinski definition) is 1. The predicted octanol–water partition coefficient (Wildman–Crippen LogP) is 2.17. The number of H-pyrrole nitrogens is 1. The minimum absolute atomic E-state index is 0.0305. The lowest BCUT2D eigenvalue weighted by atomic mass is 10.2. The zero-order chi connectivity index (χ0) is 26.4. The molecule has 198 valence electrons. The number of halogens is 3. The summed E-state index contributed by atoms with van der Waals surface area (Å²) in [6.07, 6.45) is -0.0725. The minimum Gasteiger partial charge on any atom is -0.379 e. The summed E-state index contributed by atoms with van der Waals surface area (Å²) in [6, 6.07) is 5.26. The van der Waals surface area contributed by atoms with Crippen molar-refractivity contribution in [1.82, 2.24) is 20.1 Å². The number of pyridine rings is 1. The third kappa shape index (κ3) is 6.37. The van der Waals surface area contributed by atoms with E-state index in [9.17, 15) is 22.8 Å². The Morgan fingerprint density at radius 3 is 2.65 bits per heavy atom. The van der Waals surface area contributed by atoms with Crippen LogP contribution in [0, 0.1) is 11.3 Å². The largest absolute Gasteiger partial charge is 0.423 e. The van der Waals surface area contributed by atoms with Crippen LogP contribution in [-0.2, 0) is 15.7 Å². The van der Waals surface area contributed by atoms with Gasteiger partial charge in [0.2, 0.25) is 5.91 Å². The number of nitrogens with one attached hydrogen (secondary N) is 1. The van der Waals surface area contributed by atoms with Gasteiger partial charge in [-0.25, -0.2) is 10.1 Å². The smallest absolute Gasteiger partial charge is 0.379 e. The van der Waals surface area contributed by atoms with Crippen LogP contribution in [0.1, 0.15) is 36.8 Å². The molecule has 4 heterocycles. The molecule has 0 saturated carbocycles. The van der Waals surface area contributed by atoms with Gasteiger partial charge in [-0.2, -0.15) is 23.5 Å². The van der Waals surface area contributed by atoms with E-state index < -0.39 is 17.3 Å². The van der Waals surface area contributed by atoms with E-state index in [1.165, 1.54) is 6.20 Å². The molecule has 2 aliphatic heterocycles. The maximum atomic E-state index is 13.4. The maximum absolute atomic E-state index is 13.4. The van der Waals surface area contributed by atoms with Crippen LogP contribution in [0.4, 0.5) is 24.7 Å². The number of carbonyl (C=O) groups is 1. The van der Waals surface area contributed by atoms with Crippen molar-refractivity contribution in [3.8, 4) is 6.07 Å². The summed E-state index contributed by atoms with van der Waals surface area (Å²) in [4.78, 5) is 34.1. The SMILES string of the molecule is N#Cc1ccc(N2CCN(C(=O)CCCOC[C@@H]3CCCN3c3cn[nH]c(=O)c3C(F)(F)F)CC2)nc1. The standard InChI is InChI=1S/C24H28F3N7O3/c25-24(26,27)22-19(15-30-31-23(22)36)34-7-1-3-18(34)16-37-12-2-4-21(35)33-10-8-32(9-11-33)20-6-5-17(13-28)14-29-20/h5-6,14-15,18H,1-4,7-12,16H2,(H,31,36)/t18-/m0/s1. The summed E-state index contributed by atoms with van der Waals surface area (Å²) in [5, 5.41) is 14.3. The molecule has 0 spiro atoms. The Bertz CT molecular complexity index is 1170. The quantitative estimate of drug-likeness (QED) is 0.528. The number of nitrogens with zero attached hydrogens (tertiary/aromatic N) is 6. The van der Waals surface area contributed by atoms with E-state index in [0.29, 0.717) is 70.6 Å². The van der Waals surface area contributed by atoms with Crippen molar-refractivity contribution in [2.24, 2.45) is 0 Å². The van der Waals surface area contributed by atoms with Crippen molar-refractivity contribution < 1.29 is 22.7 Å². The number of nitriles is 1. The van der Waals surface area contributed by atoms with Gasteiger partial charge < -0.3 is 19.4 Å². The van der Waals surface area contributed by atoms with E-state index >= 15 is 0 Å². The van der Waals surface area contributed by atoms with Crippen molar-refractivity contribution in [1.29, 1.82) is 5.26 Å². The second-order valence-electron chi connectivity index (χ2n) is 9.01. The molecule has 1 amide bonds. The molecule has 37 heavy (non-hydrogen) atoms. The predicted molar refractivity (Wildman–Crippen MR) is 128 cm³/mol. The van der Waals surface area contributed by atoms with E-state index in [0.717, 1.165) is 12.0 Å². The summed E-state index contributed by atoms with van der Waals surface area (Å²) in [5.74, 6) is 0.807. The van der Waals surface area contributed by atoms with Crippen LogP contribution >= 0.6 is 0 Å². The fraction of sp³-hybridized carbons (Fsp3) is 0.542. The van der Waals surface area contributed by atoms with Gasteiger partial charge in [0.1, 0.15) is 17.5 Å². The summed E-state index contributed by atoms with van der Waals surface area (Å²) in [5.41, 5.74) is -2.23. The highest BCUT2D eigenvalue weighted by atomic mass is 19.4. The zero-order valence-electron chi connectivity index (χ0n) is 20.2. The molecule has 2 aromatic heterocycles. The van der Waals surface area contributed by atoms with Crippen molar-refractivity contribution in [3.63, 3.8) is 0 Å². The molecule has 0 radical (unpaired) electrons. The third-order valence-electron chi connectivity index (χ3n) is 6.63. The zero-order valence-corrected chi connectivity index (χ0v) is 20.2. The topological polar surface area (TPSA) is 118 Å².